The number of piperidine rings is 2. The second kappa shape index (κ2) is 11.1. The van der Waals surface area contributed by atoms with E-state index in [2.05, 4.69) is 17.4 Å². The number of nitrogens with one attached hydrogen (secondary N) is 1. The summed E-state index contributed by atoms with van der Waals surface area (Å²) < 4.78 is 0. The fourth-order valence-electron chi connectivity index (χ4n) is 4.51. The summed E-state index contributed by atoms with van der Waals surface area (Å²) >= 11 is 0. The number of aryl methyl sites for hydroxylation is 1. The van der Waals surface area contributed by atoms with Crippen molar-refractivity contribution < 1.29 is 14.4 Å². The number of carbonyl (C=O) groups excluding carboxylic acids is 3. The predicted octanol–water partition coefficient (Wildman–Crippen LogP) is 2.77. The van der Waals surface area contributed by atoms with Crippen molar-refractivity contribution in [3.63, 3.8) is 0 Å². The van der Waals surface area contributed by atoms with E-state index >= 15 is 0 Å². The van der Waals surface area contributed by atoms with Gasteiger partial charge in [0.05, 0.1) is 0 Å². The Kier molecular flexibility index (Phi) is 8.29. The lowest BCUT2D eigenvalue weighted by Crippen LogP contribution is -2.52. The molecule has 2 fully saturated rings. The Morgan fingerprint density at radius 1 is 0.967 bits per heavy atom. The van der Waals surface area contributed by atoms with E-state index in [0.29, 0.717) is 32.5 Å². The van der Waals surface area contributed by atoms with Gasteiger partial charge >= 0.3 is 0 Å². The highest BCUT2D eigenvalue weighted by molar-refractivity contribution is 5.81. The van der Waals surface area contributed by atoms with E-state index in [1.54, 1.807) is 0 Å². The Balaban J connectivity index is 1.42. The number of hydrogen-bond donors (Lipinski definition) is 1. The van der Waals surface area contributed by atoms with Crippen LogP contribution in [0.2, 0.25) is 0 Å². The standard InChI is InChI=1S/C24H35N3O3/c1-2-7-22(28)25-21-10-6-15-27(18-21)24(30)20-13-16-26(17-14-20)23(29)12-11-19-8-4-3-5-9-19/h3-5,8-9,20-21H,2,6-7,10-18H2,1H3,(H,25,28). The molecule has 1 aromatic rings. The van der Waals surface area contributed by atoms with E-state index in [0.717, 1.165) is 45.1 Å². The van der Waals surface area contributed by atoms with E-state index < -0.39 is 0 Å². The van der Waals surface area contributed by atoms with Crippen molar-refractivity contribution >= 4 is 17.7 Å². The SMILES string of the molecule is CCCC(=O)NC1CCCN(C(=O)C2CCN(C(=O)CCc3ccccc3)CC2)C1. The third-order valence-corrected chi connectivity index (χ3v) is 6.24. The molecular formula is C24H35N3O3. The molecule has 0 saturated carbocycles. The average molecular weight is 414 g/mol. The van der Waals surface area contributed by atoms with Crippen LogP contribution in [0.5, 0.6) is 0 Å². The van der Waals surface area contributed by atoms with Gasteiger partial charge in [-0.2, -0.15) is 0 Å². The maximum Gasteiger partial charge on any atom is 0.225 e. The summed E-state index contributed by atoms with van der Waals surface area (Å²) in [5.74, 6) is 0.453. The lowest BCUT2D eigenvalue weighted by atomic mass is 9.93. The second-order valence-corrected chi connectivity index (χ2v) is 8.58. The molecule has 6 nitrogen and oxygen atoms in total. The molecule has 30 heavy (non-hydrogen) atoms. The van der Waals surface area contributed by atoms with Crippen LogP contribution in [0, 0.1) is 5.92 Å². The van der Waals surface area contributed by atoms with Crippen LogP contribution >= 0.6 is 0 Å². The van der Waals surface area contributed by atoms with Crippen molar-refractivity contribution in [2.45, 2.75) is 64.3 Å². The summed E-state index contributed by atoms with van der Waals surface area (Å²) in [4.78, 5) is 41.3. The minimum atomic E-state index is -0.00623. The first-order valence-electron chi connectivity index (χ1n) is 11.5. The van der Waals surface area contributed by atoms with Crippen LogP contribution in [-0.2, 0) is 20.8 Å². The zero-order valence-corrected chi connectivity index (χ0v) is 18.1. The fraction of sp³-hybridized carbons (Fsp3) is 0.625. The maximum atomic E-state index is 13.0. The van der Waals surface area contributed by atoms with Crippen LogP contribution in [0.15, 0.2) is 30.3 Å². The van der Waals surface area contributed by atoms with Crippen LogP contribution in [-0.4, -0.2) is 59.7 Å². The van der Waals surface area contributed by atoms with Gasteiger partial charge in [0.25, 0.3) is 0 Å². The molecule has 0 radical (unpaired) electrons. The number of carbonyl (C=O) groups is 3. The molecule has 2 aliphatic rings. The zero-order chi connectivity index (χ0) is 21.3. The predicted molar refractivity (Wildman–Crippen MR) is 117 cm³/mol. The van der Waals surface area contributed by atoms with Gasteiger partial charge < -0.3 is 15.1 Å². The van der Waals surface area contributed by atoms with Gasteiger partial charge in [0.1, 0.15) is 0 Å². The largest absolute Gasteiger partial charge is 0.352 e. The van der Waals surface area contributed by atoms with E-state index in [-0.39, 0.29) is 29.7 Å². The van der Waals surface area contributed by atoms with Crippen molar-refractivity contribution in [1.29, 1.82) is 0 Å². The Labute approximate surface area is 180 Å². The first-order valence-corrected chi connectivity index (χ1v) is 11.5. The molecule has 6 heteroatoms. The van der Waals surface area contributed by atoms with Gasteiger partial charge in [0.2, 0.25) is 17.7 Å². The molecule has 2 saturated heterocycles. The molecule has 0 spiro atoms. The number of benzene rings is 1. The third kappa shape index (κ3) is 6.31. The Morgan fingerprint density at radius 2 is 1.70 bits per heavy atom. The van der Waals surface area contributed by atoms with Crippen molar-refractivity contribution in [2.75, 3.05) is 26.2 Å². The number of likely N-dealkylation sites (tertiary alicyclic amines) is 2. The molecule has 1 aromatic carbocycles. The smallest absolute Gasteiger partial charge is 0.225 e. The van der Waals surface area contributed by atoms with E-state index in [1.165, 1.54) is 5.56 Å². The Bertz CT molecular complexity index is 714. The van der Waals surface area contributed by atoms with Gasteiger partial charge in [0.15, 0.2) is 0 Å². The lowest BCUT2D eigenvalue weighted by molar-refractivity contribution is -0.142. The van der Waals surface area contributed by atoms with Gasteiger partial charge in [-0.25, -0.2) is 0 Å². The normalized spacial score (nSPS) is 20.1. The third-order valence-electron chi connectivity index (χ3n) is 6.24. The first-order chi connectivity index (χ1) is 14.6. The zero-order valence-electron chi connectivity index (χ0n) is 18.1. The minimum absolute atomic E-state index is 0.00623. The topological polar surface area (TPSA) is 69.7 Å². The molecular weight excluding hydrogens is 378 g/mol. The molecule has 3 amide bonds. The number of amides is 3. The summed E-state index contributed by atoms with van der Waals surface area (Å²) in [5.41, 5.74) is 1.18. The van der Waals surface area contributed by atoms with Crippen LogP contribution in [0.4, 0.5) is 0 Å². The highest BCUT2D eigenvalue weighted by Gasteiger charge is 2.32. The second-order valence-electron chi connectivity index (χ2n) is 8.58. The summed E-state index contributed by atoms with van der Waals surface area (Å²) in [5, 5.41) is 3.07. The maximum absolute atomic E-state index is 13.0. The molecule has 0 aromatic heterocycles. The molecule has 0 aliphatic carbocycles. The van der Waals surface area contributed by atoms with Crippen LogP contribution < -0.4 is 5.32 Å². The molecule has 2 aliphatic heterocycles. The number of rotatable bonds is 7. The highest BCUT2D eigenvalue weighted by atomic mass is 16.2. The van der Waals surface area contributed by atoms with Crippen LogP contribution in [0.3, 0.4) is 0 Å². The molecule has 1 atom stereocenters. The van der Waals surface area contributed by atoms with E-state index in [9.17, 15) is 14.4 Å². The summed E-state index contributed by atoms with van der Waals surface area (Å²) in [6.45, 7) is 4.71. The Hall–Kier alpha value is -2.37. The van der Waals surface area contributed by atoms with Gasteiger partial charge in [-0.05, 0) is 44.1 Å². The van der Waals surface area contributed by atoms with Gasteiger partial charge in [-0.1, -0.05) is 37.3 Å². The van der Waals surface area contributed by atoms with Crippen molar-refractivity contribution in [2.24, 2.45) is 5.92 Å². The van der Waals surface area contributed by atoms with Crippen molar-refractivity contribution in [3.05, 3.63) is 35.9 Å². The van der Waals surface area contributed by atoms with Crippen molar-refractivity contribution in [1.82, 2.24) is 15.1 Å². The molecule has 1 unspecified atom stereocenters. The molecule has 2 heterocycles. The Morgan fingerprint density at radius 3 is 2.40 bits per heavy atom. The quantitative estimate of drug-likeness (QED) is 0.747. The molecule has 1 N–H and O–H groups in total. The number of hydrogen-bond acceptors (Lipinski definition) is 3. The monoisotopic (exact) mass is 413 g/mol. The van der Waals surface area contributed by atoms with Gasteiger partial charge in [-0.15, -0.1) is 0 Å². The van der Waals surface area contributed by atoms with Crippen LogP contribution in [0.1, 0.15) is 57.4 Å². The molecule has 164 valence electrons. The minimum Gasteiger partial charge on any atom is -0.352 e. The first kappa shape index (κ1) is 22.3. The number of nitrogens with zero attached hydrogens (tertiary/aromatic N) is 2. The van der Waals surface area contributed by atoms with Crippen molar-refractivity contribution in [3.8, 4) is 0 Å². The van der Waals surface area contributed by atoms with Gasteiger partial charge in [-0.3, -0.25) is 14.4 Å². The summed E-state index contributed by atoms with van der Waals surface area (Å²) in [7, 11) is 0. The van der Waals surface area contributed by atoms with E-state index in [4.69, 9.17) is 0 Å². The summed E-state index contributed by atoms with van der Waals surface area (Å²) in [6.07, 6.45) is 6.00. The summed E-state index contributed by atoms with van der Waals surface area (Å²) in [6, 6.07) is 10.1. The fourth-order valence-corrected chi connectivity index (χ4v) is 4.51. The average Bonchev–Trinajstić information content (AvgIpc) is 2.78. The molecule has 0 bridgehead atoms. The van der Waals surface area contributed by atoms with Gasteiger partial charge in [0, 0.05) is 51.0 Å². The highest BCUT2D eigenvalue weighted by Crippen LogP contribution is 2.23. The van der Waals surface area contributed by atoms with Crippen LogP contribution in [0.25, 0.3) is 0 Å². The lowest BCUT2D eigenvalue weighted by Gasteiger charge is -2.38. The molecule has 3 rings (SSSR count). The van der Waals surface area contributed by atoms with E-state index in [1.807, 2.05) is 34.9 Å².